The molecule has 2 aliphatic carbocycles. The first-order chi connectivity index (χ1) is 24.8. The topological polar surface area (TPSA) is 48.5 Å². The molecule has 0 unspecified atom stereocenters. The Hall–Kier alpha value is -5.29. The van der Waals surface area contributed by atoms with Crippen molar-refractivity contribution >= 4 is 43.5 Å². The van der Waals surface area contributed by atoms with Gasteiger partial charge in [-0.25, -0.2) is 15.0 Å². The molecule has 5 heteroatoms. The Kier molecular flexibility index (Phi) is 7.25. The van der Waals surface area contributed by atoms with Crippen LogP contribution in [-0.2, 0) is 0 Å². The molecule has 0 radical (unpaired) electrons. The highest BCUT2D eigenvalue weighted by Crippen LogP contribution is 2.40. The third-order valence-corrected chi connectivity index (χ3v) is 11.5. The Balaban J connectivity index is 1.13. The average Bonchev–Trinajstić information content (AvgIpc) is 3.79. The fraction of sp³-hybridized carbons (Fsp3) is 0.267. The van der Waals surface area contributed by atoms with Gasteiger partial charge in [0.1, 0.15) is 11.6 Å². The van der Waals surface area contributed by atoms with E-state index in [-0.39, 0.29) is 0 Å². The van der Waals surface area contributed by atoms with E-state index in [1.54, 1.807) is 0 Å². The lowest BCUT2D eigenvalue weighted by Gasteiger charge is -2.24. The highest BCUT2D eigenvalue weighted by molar-refractivity contribution is 6.25. The van der Waals surface area contributed by atoms with Crippen LogP contribution in [-0.4, -0.2) is 24.1 Å². The van der Waals surface area contributed by atoms with E-state index in [4.69, 9.17) is 15.0 Å². The van der Waals surface area contributed by atoms with Crippen LogP contribution in [0.2, 0.25) is 0 Å². The smallest absolute Gasteiger partial charge is 0.163 e. The molecule has 8 aromatic rings. The van der Waals surface area contributed by atoms with Gasteiger partial charge in [-0.2, -0.15) is 0 Å². The Morgan fingerprint density at radius 3 is 1.88 bits per heavy atom. The second-order valence-corrected chi connectivity index (χ2v) is 14.5. The van der Waals surface area contributed by atoms with Gasteiger partial charge < -0.3 is 9.13 Å². The Labute approximate surface area is 292 Å². The summed E-state index contributed by atoms with van der Waals surface area (Å²) in [6, 6.07) is 39.8. The molecule has 2 saturated carbocycles. The van der Waals surface area contributed by atoms with Crippen molar-refractivity contribution in [3.8, 4) is 22.8 Å². The zero-order chi connectivity index (χ0) is 33.0. The molecule has 0 N–H and O–H groups in total. The molecule has 0 saturated heterocycles. The average molecular weight is 652 g/mol. The van der Waals surface area contributed by atoms with Gasteiger partial charge >= 0.3 is 0 Å². The Morgan fingerprint density at radius 1 is 0.460 bits per heavy atom. The summed E-state index contributed by atoms with van der Waals surface area (Å²) in [6.45, 7) is 0. The first kappa shape index (κ1) is 29.6. The van der Waals surface area contributed by atoms with E-state index in [1.807, 2.05) is 0 Å². The van der Waals surface area contributed by atoms with E-state index in [1.165, 1.54) is 113 Å². The summed E-state index contributed by atoms with van der Waals surface area (Å²) in [5.41, 5.74) is 7.00. The standard InChI is InChI=1S/C45H41N5/c1-4-13-30(14-5-1)43-46-44(31-15-6-2-7-16-31)48-45(47-43)32-17-12-20-34(29-32)50-40-22-11-10-21-38(40)42-37-24-25-39-36(35(37)23-26-41(42)50)27-28-49(39)33-18-8-3-9-19-33/h3,8-12,17-31H,1-2,4-7,13-16H2. The number of nitrogens with zero attached hydrogens (tertiary/aromatic N) is 5. The predicted octanol–water partition coefficient (Wildman–Crippen LogP) is 11.8. The third kappa shape index (κ3) is 4.93. The van der Waals surface area contributed by atoms with E-state index < -0.39 is 0 Å². The van der Waals surface area contributed by atoms with Crippen LogP contribution in [0.5, 0.6) is 0 Å². The van der Waals surface area contributed by atoms with Gasteiger partial charge in [0.2, 0.25) is 0 Å². The van der Waals surface area contributed by atoms with Gasteiger partial charge in [-0.1, -0.05) is 99.2 Å². The van der Waals surface area contributed by atoms with Crippen molar-refractivity contribution in [1.29, 1.82) is 0 Å². The maximum atomic E-state index is 5.23. The molecule has 3 aromatic heterocycles. The third-order valence-electron chi connectivity index (χ3n) is 11.5. The monoisotopic (exact) mass is 651 g/mol. The lowest BCUT2D eigenvalue weighted by Crippen LogP contribution is -2.16. The van der Waals surface area contributed by atoms with Crippen molar-refractivity contribution < 1.29 is 0 Å². The second-order valence-electron chi connectivity index (χ2n) is 14.5. The largest absolute Gasteiger partial charge is 0.317 e. The van der Waals surface area contributed by atoms with E-state index in [2.05, 4.69) is 125 Å². The highest BCUT2D eigenvalue weighted by Gasteiger charge is 2.25. The number of fused-ring (bicyclic) bond motifs is 7. The minimum Gasteiger partial charge on any atom is -0.317 e. The van der Waals surface area contributed by atoms with Crippen LogP contribution in [0.4, 0.5) is 0 Å². The number of hydrogen-bond acceptors (Lipinski definition) is 3. The zero-order valence-corrected chi connectivity index (χ0v) is 28.4. The normalized spacial score (nSPS) is 16.2. The molecule has 246 valence electrons. The summed E-state index contributed by atoms with van der Waals surface area (Å²) >= 11 is 0. The fourth-order valence-electron chi connectivity index (χ4n) is 9.00. The maximum absolute atomic E-state index is 5.23. The van der Waals surface area contributed by atoms with Crippen molar-refractivity contribution in [1.82, 2.24) is 24.1 Å². The molecule has 10 rings (SSSR count). The van der Waals surface area contributed by atoms with Gasteiger partial charge in [-0.15, -0.1) is 0 Å². The molecule has 0 atom stereocenters. The van der Waals surface area contributed by atoms with E-state index >= 15 is 0 Å². The number of aromatic nitrogens is 5. The number of para-hydroxylation sites is 2. The van der Waals surface area contributed by atoms with Gasteiger partial charge in [-0.3, -0.25) is 0 Å². The minimum absolute atomic E-state index is 0.442. The summed E-state index contributed by atoms with van der Waals surface area (Å²) in [4.78, 5) is 15.7. The van der Waals surface area contributed by atoms with Crippen molar-refractivity contribution in [3.63, 3.8) is 0 Å². The first-order valence-corrected chi connectivity index (χ1v) is 18.7. The molecule has 5 aromatic carbocycles. The van der Waals surface area contributed by atoms with Crippen LogP contribution in [0.1, 0.15) is 87.7 Å². The summed E-state index contributed by atoms with van der Waals surface area (Å²) in [7, 11) is 0. The van der Waals surface area contributed by atoms with Gasteiger partial charge in [0.05, 0.1) is 16.6 Å². The van der Waals surface area contributed by atoms with Crippen molar-refractivity contribution in [3.05, 3.63) is 127 Å². The number of benzene rings is 5. The van der Waals surface area contributed by atoms with Gasteiger partial charge in [0.15, 0.2) is 5.82 Å². The maximum Gasteiger partial charge on any atom is 0.163 e. The van der Waals surface area contributed by atoms with Gasteiger partial charge in [-0.05, 0) is 85.0 Å². The quantitative estimate of drug-likeness (QED) is 0.186. The first-order valence-electron chi connectivity index (χ1n) is 18.7. The molecule has 5 nitrogen and oxygen atoms in total. The van der Waals surface area contributed by atoms with Gasteiger partial charge in [0.25, 0.3) is 0 Å². The molecular weight excluding hydrogens is 611 g/mol. The van der Waals surface area contributed by atoms with Gasteiger partial charge in [0, 0.05) is 51.1 Å². The van der Waals surface area contributed by atoms with Crippen LogP contribution in [0, 0.1) is 0 Å². The van der Waals surface area contributed by atoms with Crippen LogP contribution < -0.4 is 0 Å². The number of rotatable bonds is 5. The molecule has 2 fully saturated rings. The molecule has 50 heavy (non-hydrogen) atoms. The molecule has 0 bridgehead atoms. The van der Waals surface area contributed by atoms with Crippen molar-refractivity contribution in [2.24, 2.45) is 0 Å². The van der Waals surface area contributed by atoms with Crippen molar-refractivity contribution in [2.45, 2.75) is 76.0 Å². The number of hydrogen-bond donors (Lipinski definition) is 0. The summed E-state index contributed by atoms with van der Waals surface area (Å²) in [5, 5.41) is 6.37. The van der Waals surface area contributed by atoms with Crippen LogP contribution in [0.15, 0.2) is 115 Å². The van der Waals surface area contributed by atoms with E-state index in [9.17, 15) is 0 Å². The predicted molar refractivity (Wildman–Crippen MR) is 206 cm³/mol. The zero-order valence-electron chi connectivity index (χ0n) is 28.4. The van der Waals surface area contributed by atoms with Crippen LogP contribution in [0.25, 0.3) is 66.2 Å². The second kappa shape index (κ2) is 12.2. The molecule has 0 spiro atoms. The molecular formula is C45H41N5. The lowest BCUT2D eigenvalue weighted by atomic mass is 9.87. The highest BCUT2D eigenvalue weighted by atomic mass is 15.0. The SMILES string of the molecule is c1ccc(-n2ccc3c4ccc5c(c4ccc32)c2ccccc2n5-c2cccc(-c3nc(C4CCCCC4)nc(C4CCCCC4)n3)c2)cc1. The Bertz CT molecular complexity index is 2480. The molecule has 3 heterocycles. The minimum atomic E-state index is 0.442. The summed E-state index contributed by atoms with van der Waals surface area (Å²) in [5.74, 6) is 3.77. The van der Waals surface area contributed by atoms with E-state index in [0.717, 1.165) is 28.7 Å². The summed E-state index contributed by atoms with van der Waals surface area (Å²) < 4.78 is 4.71. The van der Waals surface area contributed by atoms with Crippen molar-refractivity contribution in [2.75, 3.05) is 0 Å². The Morgan fingerprint density at radius 2 is 1.12 bits per heavy atom. The molecule has 2 aliphatic rings. The fourth-order valence-corrected chi connectivity index (χ4v) is 9.00. The van der Waals surface area contributed by atoms with Crippen LogP contribution >= 0.6 is 0 Å². The summed E-state index contributed by atoms with van der Waals surface area (Å²) in [6.07, 6.45) is 14.7. The van der Waals surface area contributed by atoms with E-state index in [0.29, 0.717) is 11.8 Å². The molecule has 0 amide bonds. The van der Waals surface area contributed by atoms with Crippen LogP contribution in [0.3, 0.4) is 0 Å². The lowest BCUT2D eigenvalue weighted by molar-refractivity contribution is 0.409. The molecule has 0 aliphatic heterocycles.